The molecule has 4 aromatic rings. The van der Waals surface area contributed by atoms with E-state index >= 15 is 0 Å². The van der Waals surface area contributed by atoms with E-state index in [1.807, 2.05) is 28.8 Å². The Morgan fingerprint density at radius 1 is 1.08 bits per heavy atom. The lowest BCUT2D eigenvalue weighted by Crippen LogP contribution is -2.18. The van der Waals surface area contributed by atoms with Crippen LogP contribution in [0.3, 0.4) is 0 Å². The quantitative estimate of drug-likeness (QED) is 0.263. The van der Waals surface area contributed by atoms with E-state index in [4.69, 9.17) is 4.74 Å². The van der Waals surface area contributed by atoms with Crippen LogP contribution in [0.2, 0.25) is 0 Å². The zero-order valence-electron chi connectivity index (χ0n) is 19.7. The van der Waals surface area contributed by atoms with Crippen molar-refractivity contribution in [1.29, 1.82) is 0 Å². The first-order chi connectivity index (χ1) is 17.8. The maximum absolute atomic E-state index is 13.1. The molecule has 0 saturated heterocycles. The third kappa shape index (κ3) is 5.07. The minimum Gasteiger partial charge on any atom is -0.461 e. The van der Waals surface area contributed by atoms with Crippen LogP contribution in [0.25, 0.3) is 11.4 Å². The number of nitrogens with one attached hydrogen (secondary N) is 1. The number of fused-ring (bicyclic) bond motifs is 3. The molecule has 11 heteroatoms. The van der Waals surface area contributed by atoms with Gasteiger partial charge in [0.05, 0.1) is 27.4 Å². The van der Waals surface area contributed by atoms with E-state index in [-0.39, 0.29) is 17.5 Å². The van der Waals surface area contributed by atoms with E-state index in [1.54, 1.807) is 31.3 Å². The molecule has 190 valence electrons. The number of benzene rings is 2. The number of hydrogen-bond donors (Lipinski definition) is 1. The van der Waals surface area contributed by atoms with Crippen molar-refractivity contribution in [1.82, 2.24) is 14.5 Å². The van der Waals surface area contributed by atoms with E-state index in [2.05, 4.69) is 46.5 Å². The number of rotatable bonds is 7. The molecule has 0 radical (unpaired) electrons. The number of aromatic nitrogens is 3. The molecule has 1 aliphatic carbocycles. The van der Waals surface area contributed by atoms with Gasteiger partial charge in [-0.1, -0.05) is 46.3 Å². The molecule has 0 amide bonds. The van der Waals surface area contributed by atoms with Crippen molar-refractivity contribution in [2.45, 2.75) is 31.2 Å². The highest BCUT2D eigenvalue weighted by molar-refractivity contribution is 9.10. The molecule has 1 N–H and O–H groups in total. The predicted octanol–water partition coefficient (Wildman–Crippen LogP) is 5.59. The van der Waals surface area contributed by atoms with Gasteiger partial charge in [0.15, 0.2) is 0 Å². The molecule has 1 aliphatic rings. The summed E-state index contributed by atoms with van der Waals surface area (Å²) in [6, 6.07) is 15.9. The number of carbonyl (C=O) groups excluding carboxylic acids is 1. The molecule has 0 atom stereocenters. The molecule has 2 heterocycles. The summed E-state index contributed by atoms with van der Waals surface area (Å²) in [5.74, 6) is -0.484. The van der Waals surface area contributed by atoms with Gasteiger partial charge in [-0.25, -0.2) is 27.9 Å². The number of anilines is 1. The minimum absolute atomic E-state index is 0.0411. The summed E-state index contributed by atoms with van der Waals surface area (Å²) in [4.78, 5) is 22.1. The van der Waals surface area contributed by atoms with Crippen LogP contribution in [0.15, 0.2) is 74.6 Å². The van der Waals surface area contributed by atoms with Crippen LogP contribution in [0.5, 0.6) is 0 Å². The van der Waals surface area contributed by atoms with Gasteiger partial charge in [0.25, 0.3) is 10.0 Å². The van der Waals surface area contributed by atoms with Gasteiger partial charge in [-0.3, -0.25) is 0 Å². The summed E-state index contributed by atoms with van der Waals surface area (Å²) in [6.45, 7) is 2.40. The van der Waals surface area contributed by atoms with Gasteiger partial charge in [0, 0.05) is 17.2 Å². The molecule has 5 rings (SSSR count). The van der Waals surface area contributed by atoms with Crippen LogP contribution in [0.1, 0.15) is 34.1 Å². The SMILES string of the molecule is CCOC(=O)c1c(Br)c2c(n1Cc1ccc(Br)cc1)-c1nc(NS(=O)(=O)c3ccccc3)ncc1CC2. The van der Waals surface area contributed by atoms with Crippen LogP contribution in [-0.4, -0.2) is 35.5 Å². The van der Waals surface area contributed by atoms with Crippen molar-refractivity contribution >= 4 is 53.8 Å². The molecule has 0 spiro atoms. The Bertz CT molecular complexity index is 1590. The Morgan fingerprint density at radius 3 is 2.51 bits per heavy atom. The number of carbonyl (C=O) groups is 1. The molecular formula is C26H22Br2N4O4S. The predicted molar refractivity (Wildman–Crippen MR) is 147 cm³/mol. The van der Waals surface area contributed by atoms with Crippen molar-refractivity contribution < 1.29 is 17.9 Å². The van der Waals surface area contributed by atoms with Crippen molar-refractivity contribution in [3.05, 3.63) is 92.1 Å². The lowest BCUT2D eigenvalue weighted by Gasteiger charge is -2.20. The fourth-order valence-corrected chi connectivity index (χ4v) is 6.35. The number of halogens is 2. The van der Waals surface area contributed by atoms with E-state index in [9.17, 15) is 13.2 Å². The topological polar surface area (TPSA) is 103 Å². The Balaban J connectivity index is 1.63. The van der Waals surface area contributed by atoms with Gasteiger partial charge in [-0.15, -0.1) is 0 Å². The molecule has 0 fully saturated rings. The van der Waals surface area contributed by atoms with E-state index in [1.165, 1.54) is 12.1 Å². The molecule has 2 aromatic heterocycles. The van der Waals surface area contributed by atoms with E-state index in [0.717, 1.165) is 26.9 Å². The number of sulfonamides is 1. The second-order valence-corrected chi connectivity index (χ2v) is 11.8. The van der Waals surface area contributed by atoms with Gasteiger partial charge in [-0.05, 0) is 76.7 Å². The third-order valence-electron chi connectivity index (χ3n) is 6.03. The number of ether oxygens (including phenoxy) is 1. The highest BCUT2D eigenvalue weighted by atomic mass is 79.9. The number of nitrogens with zero attached hydrogens (tertiary/aromatic N) is 3. The second kappa shape index (κ2) is 10.4. The number of hydrogen-bond acceptors (Lipinski definition) is 6. The van der Waals surface area contributed by atoms with Gasteiger partial charge >= 0.3 is 5.97 Å². The molecule has 0 saturated carbocycles. The Labute approximate surface area is 231 Å². The largest absolute Gasteiger partial charge is 0.461 e. The number of esters is 1. The van der Waals surface area contributed by atoms with Gasteiger partial charge < -0.3 is 9.30 Å². The summed E-state index contributed by atoms with van der Waals surface area (Å²) in [5.41, 5.74) is 4.48. The van der Waals surface area contributed by atoms with Gasteiger partial charge in [0.2, 0.25) is 5.95 Å². The summed E-state index contributed by atoms with van der Waals surface area (Å²) in [6.07, 6.45) is 2.96. The molecule has 0 unspecified atom stereocenters. The van der Waals surface area contributed by atoms with Crippen molar-refractivity contribution in [2.75, 3.05) is 11.3 Å². The lowest BCUT2D eigenvalue weighted by atomic mass is 9.95. The van der Waals surface area contributed by atoms with Crippen LogP contribution in [-0.2, 0) is 34.1 Å². The minimum atomic E-state index is -3.87. The smallest absolute Gasteiger partial charge is 0.356 e. The average Bonchev–Trinajstić information content (AvgIpc) is 3.17. The summed E-state index contributed by atoms with van der Waals surface area (Å²) in [7, 11) is -3.87. The number of aryl methyl sites for hydroxylation is 1. The Hall–Kier alpha value is -3.02. The van der Waals surface area contributed by atoms with E-state index < -0.39 is 16.0 Å². The average molecular weight is 646 g/mol. The summed E-state index contributed by atoms with van der Waals surface area (Å²) >= 11 is 7.11. The highest BCUT2D eigenvalue weighted by Crippen LogP contribution is 2.41. The van der Waals surface area contributed by atoms with Crippen LogP contribution in [0.4, 0.5) is 5.95 Å². The molecule has 0 aliphatic heterocycles. The third-order valence-corrected chi connectivity index (χ3v) is 8.76. The standard InChI is InChI=1S/C26H22Br2N4O4S/c1-2-36-25(33)24-21(28)20-13-10-17-14-29-26(31-37(34,35)19-6-4-3-5-7-19)30-22(17)23(20)32(24)15-16-8-11-18(27)12-9-16/h3-9,11-12,14H,2,10,13,15H2,1H3,(H,29,30,31). The Kier molecular flexibility index (Phi) is 7.19. The zero-order valence-corrected chi connectivity index (χ0v) is 23.7. The first kappa shape index (κ1) is 25.6. The maximum atomic E-state index is 13.1. The first-order valence-corrected chi connectivity index (χ1v) is 14.6. The molecular weight excluding hydrogens is 624 g/mol. The van der Waals surface area contributed by atoms with Crippen LogP contribution in [0, 0.1) is 0 Å². The fourth-order valence-electron chi connectivity index (χ4n) is 4.35. The van der Waals surface area contributed by atoms with Crippen molar-refractivity contribution in [3.63, 3.8) is 0 Å². The van der Waals surface area contributed by atoms with Crippen LogP contribution < -0.4 is 4.72 Å². The van der Waals surface area contributed by atoms with Crippen molar-refractivity contribution in [3.8, 4) is 11.4 Å². The van der Waals surface area contributed by atoms with Gasteiger partial charge in [-0.2, -0.15) is 0 Å². The van der Waals surface area contributed by atoms with Gasteiger partial charge in [0.1, 0.15) is 5.69 Å². The molecule has 0 bridgehead atoms. The normalized spacial score (nSPS) is 12.5. The van der Waals surface area contributed by atoms with E-state index in [0.29, 0.717) is 35.2 Å². The van der Waals surface area contributed by atoms with Crippen molar-refractivity contribution in [2.24, 2.45) is 0 Å². The summed E-state index contributed by atoms with van der Waals surface area (Å²) in [5, 5.41) is 0. The van der Waals surface area contributed by atoms with Crippen LogP contribution >= 0.6 is 31.9 Å². The first-order valence-electron chi connectivity index (χ1n) is 11.5. The fraction of sp³-hybridized carbons (Fsp3) is 0.192. The molecule has 37 heavy (non-hydrogen) atoms. The second-order valence-electron chi connectivity index (χ2n) is 8.41. The zero-order chi connectivity index (χ0) is 26.2. The highest BCUT2D eigenvalue weighted by Gasteiger charge is 2.32. The monoisotopic (exact) mass is 644 g/mol. The molecule has 2 aromatic carbocycles. The Morgan fingerprint density at radius 2 is 1.81 bits per heavy atom. The lowest BCUT2D eigenvalue weighted by molar-refractivity contribution is 0.0513. The summed E-state index contributed by atoms with van der Waals surface area (Å²) < 4.78 is 37.2. The molecule has 8 nitrogen and oxygen atoms in total. The maximum Gasteiger partial charge on any atom is 0.356 e.